The van der Waals surface area contributed by atoms with Crippen LogP contribution in [0.25, 0.3) is 0 Å². The highest BCUT2D eigenvalue weighted by molar-refractivity contribution is 5.33. The highest BCUT2D eigenvalue weighted by Gasteiger charge is 2.13. The van der Waals surface area contributed by atoms with E-state index in [2.05, 4.69) is 37.4 Å². The van der Waals surface area contributed by atoms with Gasteiger partial charge in [-0.05, 0) is 62.8 Å². The first-order chi connectivity index (χ1) is 7.77. The Morgan fingerprint density at radius 1 is 1.19 bits per heavy atom. The van der Waals surface area contributed by atoms with Crippen molar-refractivity contribution in [3.8, 4) is 0 Å². The normalized spacial score (nSPS) is 21.0. The smallest absolute Gasteiger partial charge is 0.00702 e. The van der Waals surface area contributed by atoms with Gasteiger partial charge in [-0.1, -0.05) is 24.6 Å². The molecule has 0 radical (unpaired) electrons. The van der Waals surface area contributed by atoms with E-state index in [9.17, 15) is 0 Å². The van der Waals surface area contributed by atoms with Crippen molar-refractivity contribution >= 4 is 0 Å². The Morgan fingerprint density at radius 3 is 2.56 bits per heavy atom. The van der Waals surface area contributed by atoms with Crippen molar-refractivity contribution in [1.29, 1.82) is 0 Å². The lowest BCUT2D eigenvalue weighted by atomic mass is 9.94. The number of rotatable bonds is 3. The molecule has 0 aromatic heterocycles. The first-order valence-corrected chi connectivity index (χ1v) is 6.56. The summed E-state index contributed by atoms with van der Waals surface area (Å²) in [7, 11) is 0. The SMILES string of the molecule is Cc1cccc(C)c1CCC1CCCCN1. The van der Waals surface area contributed by atoms with Gasteiger partial charge >= 0.3 is 0 Å². The van der Waals surface area contributed by atoms with Crippen molar-refractivity contribution < 1.29 is 0 Å². The van der Waals surface area contributed by atoms with Crippen LogP contribution in [0.2, 0.25) is 0 Å². The van der Waals surface area contributed by atoms with E-state index in [0.717, 1.165) is 6.04 Å². The van der Waals surface area contributed by atoms with E-state index in [4.69, 9.17) is 0 Å². The molecule has 2 rings (SSSR count). The average molecular weight is 217 g/mol. The molecule has 0 amide bonds. The summed E-state index contributed by atoms with van der Waals surface area (Å²) in [5, 5.41) is 3.63. The lowest BCUT2D eigenvalue weighted by molar-refractivity contribution is 0.382. The summed E-state index contributed by atoms with van der Waals surface area (Å²) in [6.07, 6.45) is 6.66. The standard InChI is InChI=1S/C15H23N/c1-12-6-5-7-13(2)15(12)10-9-14-8-3-4-11-16-14/h5-7,14,16H,3-4,8-11H2,1-2H3. The molecule has 1 unspecified atom stereocenters. The monoisotopic (exact) mass is 217 g/mol. The molecule has 0 aliphatic carbocycles. The molecule has 1 nitrogen and oxygen atoms in total. The predicted octanol–water partition coefficient (Wildman–Crippen LogP) is 3.38. The number of hydrogen-bond donors (Lipinski definition) is 1. The topological polar surface area (TPSA) is 12.0 Å². The molecule has 1 heteroatoms. The summed E-state index contributed by atoms with van der Waals surface area (Å²) >= 11 is 0. The molecule has 88 valence electrons. The Labute approximate surface area is 99.3 Å². The number of benzene rings is 1. The van der Waals surface area contributed by atoms with E-state index in [1.165, 1.54) is 49.8 Å². The van der Waals surface area contributed by atoms with E-state index >= 15 is 0 Å². The van der Waals surface area contributed by atoms with Crippen LogP contribution in [0.4, 0.5) is 0 Å². The minimum absolute atomic E-state index is 0.757. The van der Waals surface area contributed by atoms with Crippen LogP contribution >= 0.6 is 0 Å². The first kappa shape index (κ1) is 11.7. The van der Waals surface area contributed by atoms with Gasteiger partial charge in [-0.25, -0.2) is 0 Å². The van der Waals surface area contributed by atoms with Crippen LogP contribution < -0.4 is 5.32 Å². The van der Waals surface area contributed by atoms with Gasteiger partial charge in [-0.3, -0.25) is 0 Å². The average Bonchev–Trinajstić information content (AvgIpc) is 2.30. The third kappa shape index (κ3) is 2.85. The summed E-state index contributed by atoms with van der Waals surface area (Å²) in [4.78, 5) is 0. The zero-order valence-electron chi connectivity index (χ0n) is 10.6. The molecule has 0 saturated carbocycles. The molecular weight excluding hydrogens is 194 g/mol. The van der Waals surface area contributed by atoms with E-state index in [0.29, 0.717) is 0 Å². The van der Waals surface area contributed by atoms with Crippen molar-refractivity contribution in [2.45, 2.75) is 52.0 Å². The maximum Gasteiger partial charge on any atom is 0.00702 e. The van der Waals surface area contributed by atoms with Crippen molar-refractivity contribution in [3.63, 3.8) is 0 Å². The quantitative estimate of drug-likeness (QED) is 0.818. The lowest BCUT2D eigenvalue weighted by Crippen LogP contribution is -2.34. The van der Waals surface area contributed by atoms with Gasteiger partial charge in [0.05, 0.1) is 0 Å². The van der Waals surface area contributed by atoms with Crippen molar-refractivity contribution in [1.82, 2.24) is 5.32 Å². The Kier molecular flexibility index (Phi) is 4.00. The van der Waals surface area contributed by atoms with Crippen LogP contribution in [-0.2, 0) is 6.42 Å². The second-order valence-electron chi connectivity index (χ2n) is 5.06. The number of nitrogens with one attached hydrogen (secondary N) is 1. The van der Waals surface area contributed by atoms with Crippen molar-refractivity contribution in [3.05, 3.63) is 34.9 Å². The van der Waals surface area contributed by atoms with Crippen LogP contribution in [0.3, 0.4) is 0 Å². The molecule has 0 bridgehead atoms. The maximum absolute atomic E-state index is 3.63. The van der Waals surface area contributed by atoms with Crippen molar-refractivity contribution in [2.75, 3.05) is 6.54 Å². The third-order valence-electron chi connectivity index (χ3n) is 3.80. The minimum Gasteiger partial charge on any atom is -0.314 e. The Hall–Kier alpha value is -0.820. The third-order valence-corrected chi connectivity index (χ3v) is 3.80. The number of hydrogen-bond acceptors (Lipinski definition) is 1. The summed E-state index contributed by atoms with van der Waals surface area (Å²) in [6, 6.07) is 7.38. The maximum atomic E-state index is 3.63. The molecule has 1 aromatic carbocycles. The number of aryl methyl sites for hydroxylation is 2. The van der Waals surface area contributed by atoms with Crippen LogP contribution in [-0.4, -0.2) is 12.6 Å². The van der Waals surface area contributed by atoms with Crippen LogP contribution in [0, 0.1) is 13.8 Å². The molecule has 16 heavy (non-hydrogen) atoms. The zero-order valence-corrected chi connectivity index (χ0v) is 10.6. The molecule has 1 aliphatic heterocycles. The second kappa shape index (κ2) is 5.49. The highest BCUT2D eigenvalue weighted by atomic mass is 14.9. The minimum atomic E-state index is 0.757. The molecule has 1 heterocycles. The van der Waals surface area contributed by atoms with Gasteiger partial charge in [0.1, 0.15) is 0 Å². The summed E-state index contributed by atoms with van der Waals surface area (Å²) in [6.45, 7) is 5.69. The fourth-order valence-electron chi connectivity index (χ4n) is 2.73. The van der Waals surface area contributed by atoms with Gasteiger partial charge in [-0.15, -0.1) is 0 Å². The van der Waals surface area contributed by atoms with E-state index in [-0.39, 0.29) is 0 Å². The second-order valence-corrected chi connectivity index (χ2v) is 5.06. The van der Waals surface area contributed by atoms with Gasteiger partial charge in [0.25, 0.3) is 0 Å². The van der Waals surface area contributed by atoms with Crippen LogP contribution in [0.15, 0.2) is 18.2 Å². The lowest BCUT2D eigenvalue weighted by Gasteiger charge is -2.24. The van der Waals surface area contributed by atoms with E-state index in [1.54, 1.807) is 5.56 Å². The van der Waals surface area contributed by atoms with Gasteiger partial charge in [0.15, 0.2) is 0 Å². The summed E-state index contributed by atoms with van der Waals surface area (Å²) < 4.78 is 0. The Morgan fingerprint density at radius 2 is 1.94 bits per heavy atom. The Bertz CT molecular complexity index is 317. The molecular formula is C15H23N. The van der Waals surface area contributed by atoms with E-state index in [1.807, 2.05) is 0 Å². The van der Waals surface area contributed by atoms with Crippen LogP contribution in [0.5, 0.6) is 0 Å². The fourth-order valence-corrected chi connectivity index (χ4v) is 2.73. The molecule has 1 aliphatic rings. The predicted molar refractivity (Wildman–Crippen MR) is 69.9 cm³/mol. The summed E-state index contributed by atoms with van der Waals surface area (Å²) in [5.74, 6) is 0. The van der Waals surface area contributed by atoms with Gasteiger partial charge < -0.3 is 5.32 Å². The molecule has 1 atom stereocenters. The molecule has 1 N–H and O–H groups in total. The van der Waals surface area contributed by atoms with Gasteiger partial charge in [-0.2, -0.15) is 0 Å². The summed E-state index contributed by atoms with van der Waals surface area (Å²) in [5.41, 5.74) is 4.47. The van der Waals surface area contributed by atoms with Gasteiger partial charge in [0, 0.05) is 6.04 Å². The highest BCUT2D eigenvalue weighted by Crippen LogP contribution is 2.18. The molecule has 1 saturated heterocycles. The Balaban J connectivity index is 1.93. The van der Waals surface area contributed by atoms with Gasteiger partial charge in [0.2, 0.25) is 0 Å². The van der Waals surface area contributed by atoms with Crippen LogP contribution in [0.1, 0.15) is 42.4 Å². The largest absolute Gasteiger partial charge is 0.314 e. The number of piperidine rings is 1. The fraction of sp³-hybridized carbons (Fsp3) is 0.600. The molecule has 1 aromatic rings. The molecule has 1 fully saturated rings. The van der Waals surface area contributed by atoms with Crippen molar-refractivity contribution in [2.24, 2.45) is 0 Å². The zero-order chi connectivity index (χ0) is 11.4. The first-order valence-electron chi connectivity index (χ1n) is 6.56. The molecule has 0 spiro atoms. The van der Waals surface area contributed by atoms with E-state index < -0.39 is 0 Å².